The number of anilines is 1. The molecule has 0 amide bonds. The highest BCUT2D eigenvalue weighted by atomic mass is 16.3. The number of hydrogen-bond acceptors (Lipinski definition) is 3. The molecule has 1 aromatic heterocycles. The van der Waals surface area contributed by atoms with Crippen molar-refractivity contribution in [2.24, 2.45) is 11.8 Å². The number of pyridine rings is 1. The molecule has 0 radical (unpaired) electrons. The standard InChI is InChI=1S/C16H28N2O/c1-6-16(19)15-8-7-14(9-17-15)18(10-12(2)3)11-13(4)5/h7-9,12-13,16,19H,6,10-11H2,1-5H3. The number of aromatic nitrogens is 1. The second-order valence-corrected chi connectivity index (χ2v) is 6.06. The van der Waals surface area contributed by atoms with Gasteiger partial charge in [0.15, 0.2) is 0 Å². The maximum absolute atomic E-state index is 9.77. The second kappa shape index (κ2) is 7.49. The van der Waals surface area contributed by atoms with Gasteiger partial charge in [-0.3, -0.25) is 4.98 Å². The van der Waals surface area contributed by atoms with Crippen molar-refractivity contribution in [2.75, 3.05) is 18.0 Å². The average Bonchev–Trinajstić information content (AvgIpc) is 2.36. The van der Waals surface area contributed by atoms with Gasteiger partial charge in [-0.15, -0.1) is 0 Å². The van der Waals surface area contributed by atoms with Gasteiger partial charge in [-0.25, -0.2) is 0 Å². The highest BCUT2D eigenvalue weighted by Crippen LogP contribution is 2.20. The van der Waals surface area contributed by atoms with Gasteiger partial charge in [0, 0.05) is 13.1 Å². The fraction of sp³-hybridized carbons (Fsp3) is 0.688. The molecule has 1 aromatic rings. The zero-order chi connectivity index (χ0) is 14.4. The van der Waals surface area contributed by atoms with Crippen LogP contribution in [0.25, 0.3) is 0 Å². The topological polar surface area (TPSA) is 36.4 Å². The number of aliphatic hydroxyl groups excluding tert-OH is 1. The highest BCUT2D eigenvalue weighted by Gasteiger charge is 2.12. The van der Waals surface area contributed by atoms with Crippen molar-refractivity contribution < 1.29 is 5.11 Å². The van der Waals surface area contributed by atoms with E-state index in [9.17, 15) is 5.11 Å². The summed E-state index contributed by atoms with van der Waals surface area (Å²) < 4.78 is 0. The molecule has 0 aromatic carbocycles. The molecule has 0 aliphatic carbocycles. The molecule has 108 valence electrons. The Bertz CT molecular complexity index is 350. The third kappa shape index (κ3) is 5.19. The van der Waals surface area contributed by atoms with Gasteiger partial charge in [-0.2, -0.15) is 0 Å². The number of hydrogen-bond donors (Lipinski definition) is 1. The first-order valence-electron chi connectivity index (χ1n) is 7.33. The lowest BCUT2D eigenvalue weighted by Crippen LogP contribution is -2.31. The van der Waals surface area contributed by atoms with Crippen molar-refractivity contribution in [3.63, 3.8) is 0 Å². The normalized spacial score (nSPS) is 13.1. The van der Waals surface area contributed by atoms with Gasteiger partial charge in [0.05, 0.1) is 23.7 Å². The van der Waals surface area contributed by atoms with Crippen molar-refractivity contribution in [3.8, 4) is 0 Å². The molecule has 1 rings (SSSR count). The van der Waals surface area contributed by atoms with Gasteiger partial charge in [0.25, 0.3) is 0 Å². The minimum absolute atomic E-state index is 0.447. The molecule has 1 heterocycles. The molecule has 19 heavy (non-hydrogen) atoms. The molecule has 3 heteroatoms. The molecule has 0 spiro atoms. The van der Waals surface area contributed by atoms with Gasteiger partial charge in [-0.05, 0) is 30.4 Å². The van der Waals surface area contributed by atoms with Gasteiger partial charge >= 0.3 is 0 Å². The fourth-order valence-corrected chi connectivity index (χ4v) is 2.16. The third-order valence-corrected chi connectivity index (χ3v) is 3.04. The van der Waals surface area contributed by atoms with E-state index in [0.717, 1.165) is 24.5 Å². The SMILES string of the molecule is CCC(O)c1ccc(N(CC(C)C)CC(C)C)cn1. The average molecular weight is 264 g/mol. The van der Waals surface area contributed by atoms with Crippen molar-refractivity contribution >= 4 is 5.69 Å². The van der Waals surface area contributed by atoms with E-state index in [1.807, 2.05) is 19.2 Å². The summed E-state index contributed by atoms with van der Waals surface area (Å²) in [4.78, 5) is 6.77. The van der Waals surface area contributed by atoms with Crippen molar-refractivity contribution in [1.29, 1.82) is 0 Å². The molecule has 0 fully saturated rings. The van der Waals surface area contributed by atoms with Crippen LogP contribution in [0.2, 0.25) is 0 Å². The molecule has 1 N–H and O–H groups in total. The number of rotatable bonds is 7. The fourth-order valence-electron chi connectivity index (χ4n) is 2.16. The maximum Gasteiger partial charge on any atom is 0.0957 e. The summed E-state index contributed by atoms with van der Waals surface area (Å²) in [6.45, 7) is 13.0. The minimum Gasteiger partial charge on any atom is -0.387 e. The van der Waals surface area contributed by atoms with Crippen molar-refractivity contribution in [3.05, 3.63) is 24.0 Å². The van der Waals surface area contributed by atoms with Crippen LogP contribution in [-0.2, 0) is 0 Å². The van der Waals surface area contributed by atoms with Crippen LogP contribution < -0.4 is 4.90 Å². The first kappa shape index (κ1) is 16.0. The van der Waals surface area contributed by atoms with E-state index in [1.165, 1.54) is 0 Å². The zero-order valence-electron chi connectivity index (χ0n) is 12.9. The number of aliphatic hydroxyl groups is 1. The Kier molecular flexibility index (Phi) is 6.29. The van der Waals surface area contributed by atoms with E-state index in [4.69, 9.17) is 0 Å². The molecule has 1 atom stereocenters. The van der Waals surface area contributed by atoms with E-state index < -0.39 is 6.10 Å². The molecule has 0 bridgehead atoms. The Morgan fingerprint density at radius 3 is 2.05 bits per heavy atom. The van der Waals surface area contributed by atoms with Crippen molar-refractivity contribution in [2.45, 2.75) is 47.1 Å². The van der Waals surface area contributed by atoms with Crippen LogP contribution in [0.3, 0.4) is 0 Å². The van der Waals surface area contributed by atoms with Crippen LogP contribution in [-0.4, -0.2) is 23.2 Å². The Morgan fingerprint density at radius 1 is 1.11 bits per heavy atom. The molecular formula is C16H28N2O. The Morgan fingerprint density at radius 2 is 1.68 bits per heavy atom. The predicted octanol–water partition coefficient (Wildman–Crippen LogP) is 3.64. The van der Waals surface area contributed by atoms with Crippen LogP contribution in [0.15, 0.2) is 18.3 Å². The Labute approximate surface area is 117 Å². The maximum atomic E-state index is 9.77. The minimum atomic E-state index is -0.447. The van der Waals surface area contributed by atoms with Gasteiger partial charge in [0.1, 0.15) is 0 Å². The smallest absolute Gasteiger partial charge is 0.0957 e. The quantitative estimate of drug-likeness (QED) is 0.816. The zero-order valence-corrected chi connectivity index (χ0v) is 12.9. The summed E-state index contributed by atoms with van der Waals surface area (Å²) in [5.74, 6) is 1.25. The summed E-state index contributed by atoms with van der Waals surface area (Å²) in [6, 6.07) is 4.02. The predicted molar refractivity (Wildman–Crippen MR) is 81.4 cm³/mol. The highest BCUT2D eigenvalue weighted by molar-refractivity contribution is 5.44. The largest absolute Gasteiger partial charge is 0.387 e. The Hall–Kier alpha value is -1.09. The molecule has 0 saturated heterocycles. The molecule has 0 saturated carbocycles. The summed E-state index contributed by atoms with van der Waals surface area (Å²) in [7, 11) is 0. The van der Waals surface area contributed by atoms with Crippen molar-refractivity contribution in [1.82, 2.24) is 4.98 Å². The lowest BCUT2D eigenvalue weighted by Gasteiger charge is -2.28. The van der Waals surface area contributed by atoms with E-state index >= 15 is 0 Å². The third-order valence-electron chi connectivity index (χ3n) is 3.04. The molecular weight excluding hydrogens is 236 g/mol. The van der Waals surface area contributed by atoms with Crippen LogP contribution in [0.5, 0.6) is 0 Å². The number of nitrogens with zero attached hydrogens (tertiary/aromatic N) is 2. The van der Waals surface area contributed by atoms with Gasteiger partial charge < -0.3 is 10.0 Å². The summed E-state index contributed by atoms with van der Waals surface area (Å²) >= 11 is 0. The second-order valence-electron chi connectivity index (χ2n) is 6.06. The first-order chi connectivity index (χ1) is 8.93. The van der Waals surface area contributed by atoms with Crippen LogP contribution >= 0.6 is 0 Å². The van der Waals surface area contributed by atoms with E-state index in [-0.39, 0.29) is 0 Å². The molecule has 0 aliphatic rings. The summed E-state index contributed by atoms with van der Waals surface area (Å²) in [6.07, 6.45) is 2.14. The molecule has 3 nitrogen and oxygen atoms in total. The molecule has 1 unspecified atom stereocenters. The van der Waals surface area contributed by atoms with E-state index in [1.54, 1.807) is 0 Å². The lowest BCUT2D eigenvalue weighted by molar-refractivity contribution is 0.169. The lowest BCUT2D eigenvalue weighted by atomic mass is 10.1. The van der Waals surface area contributed by atoms with Gasteiger partial charge in [-0.1, -0.05) is 34.6 Å². The van der Waals surface area contributed by atoms with E-state index in [0.29, 0.717) is 18.3 Å². The summed E-state index contributed by atoms with van der Waals surface area (Å²) in [5.41, 5.74) is 1.91. The van der Waals surface area contributed by atoms with Gasteiger partial charge in [0.2, 0.25) is 0 Å². The first-order valence-corrected chi connectivity index (χ1v) is 7.33. The van der Waals surface area contributed by atoms with E-state index in [2.05, 4.69) is 43.6 Å². The van der Waals surface area contributed by atoms with Crippen LogP contribution in [0, 0.1) is 11.8 Å². The van der Waals surface area contributed by atoms with Crippen LogP contribution in [0.4, 0.5) is 5.69 Å². The summed E-state index contributed by atoms with van der Waals surface area (Å²) in [5, 5.41) is 9.77. The monoisotopic (exact) mass is 264 g/mol. The van der Waals surface area contributed by atoms with Crippen LogP contribution in [0.1, 0.15) is 52.8 Å². The Balaban J connectivity index is 2.84. The molecule has 0 aliphatic heterocycles.